The molecule has 0 atom stereocenters. The molecule has 7 heteroatoms. The lowest BCUT2D eigenvalue weighted by Gasteiger charge is -2.33. The normalized spacial score (nSPS) is 17.6. The van der Waals surface area contributed by atoms with Gasteiger partial charge in [0.15, 0.2) is 5.82 Å². The van der Waals surface area contributed by atoms with Crippen LogP contribution >= 0.6 is 0 Å². The van der Waals surface area contributed by atoms with Gasteiger partial charge in [-0.05, 0) is 12.8 Å². The summed E-state index contributed by atoms with van der Waals surface area (Å²) in [5.41, 5.74) is 1.28. The van der Waals surface area contributed by atoms with Gasteiger partial charge in [0.05, 0.1) is 0 Å². The SMILES string of the molecule is O=CN1CCN(c2cc(C(=O)NC3CCCC3)nc(-c3ccccc3)n2)CC1. The summed E-state index contributed by atoms with van der Waals surface area (Å²) in [6.07, 6.45) is 5.27. The van der Waals surface area contributed by atoms with Crippen molar-refractivity contribution in [2.45, 2.75) is 31.7 Å². The molecule has 1 saturated carbocycles. The summed E-state index contributed by atoms with van der Waals surface area (Å²) >= 11 is 0. The van der Waals surface area contributed by atoms with Crippen molar-refractivity contribution in [3.8, 4) is 11.4 Å². The molecule has 146 valence electrons. The highest BCUT2D eigenvalue weighted by Crippen LogP contribution is 2.22. The van der Waals surface area contributed by atoms with E-state index in [9.17, 15) is 9.59 Å². The second-order valence-electron chi connectivity index (χ2n) is 7.38. The van der Waals surface area contributed by atoms with Gasteiger partial charge in [-0.15, -0.1) is 0 Å². The number of carbonyl (C=O) groups is 2. The Bertz CT molecular complexity index is 828. The van der Waals surface area contributed by atoms with Gasteiger partial charge in [0.1, 0.15) is 11.5 Å². The smallest absolute Gasteiger partial charge is 0.270 e. The van der Waals surface area contributed by atoms with Crippen molar-refractivity contribution < 1.29 is 9.59 Å². The molecule has 2 heterocycles. The highest BCUT2D eigenvalue weighted by atomic mass is 16.2. The molecule has 28 heavy (non-hydrogen) atoms. The Hall–Kier alpha value is -2.96. The van der Waals surface area contributed by atoms with Gasteiger partial charge in [-0.25, -0.2) is 9.97 Å². The lowest BCUT2D eigenvalue weighted by Crippen LogP contribution is -2.46. The highest BCUT2D eigenvalue weighted by Gasteiger charge is 2.23. The number of carbonyl (C=O) groups excluding carboxylic acids is 2. The summed E-state index contributed by atoms with van der Waals surface area (Å²) in [5.74, 6) is 1.14. The average Bonchev–Trinajstić information content (AvgIpc) is 3.27. The summed E-state index contributed by atoms with van der Waals surface area (Å²) < 4.78 is 0. The Morgan fingerprint density at radius 1 is 1.04 bits per heavy atom. The number of amides is 2. The molecule has 2 amide bonds. The van der Waals surface area contributed by atoms with Crippen molar-refractivity contribution in [2.24, 2.45) is 0 Å². The van der Waals surface area contributed by atoms with Crippen LogP contribution in [0, 0.1) is 0 Å². The molecule has 0 unspecified atom stereocenters. The van der Waals surface area contributed by atoms with Crippen LogP contribution in [0.2, 0.25) is 0 Å². The maximum atomic E-state index is 12.8. The summed E-state index contributed by atoms with van der Waals surface area (Å²) in [6.45, 7) is 2.68. The molecule has 1 aliphatic carbocycles. The number of hydrogen-bond acceptors (Lipinski definition) is 5. The molecule has 1 aliphatic heterocycles. The van der Waals surface area contributed by atoms with E-state index in [1.54, 1.807) is 11.0 Å². The zero-order valence-electron chi connectivity index (χ0n) is 15.9. The number of nitrogens with one attached hydrogen (secondary N) is 1. The van der Waals surface area contributed by atoms with E-state index in [4.69, 9.17) is 4.98 Å². The van der Waals surface area contributed by atoms with E-state index in [1.807, 2.05) is 30.3 Å². The van der Waals surface area contributed by atoms with Gasteiger partial charge in [0.2, 0.25) is 6.41 Å². The second kappa shape index (κ2) is 8.37. The molecule has 1 aromatic carbocycles. The molecule has 2 fully saturated rings. The first-order valence-electron chi connectivity index (χ1n) is 9.92. The zero-order valence-corrected chi connectivity index (χ0v) is 15.9. The summed E-state index contributed by atoms with van der Waals surface area (Å²) in [6, 6.07) is 11.7. The van der Waals surface area contributed by atoms with Gasteiger partial charge >= 0.3 is 0 Å². The monoisotopic (exact) mass is 379 g/mol. The maximum absolute atomic E-state index is 12.8. The van der Waals surface area contributed by atoms with Crippen LogP contribution in [0.5, 0.6) is 0 Å². The third-order valence-electron chi connectivity index (χ3n) is 5.45. The topological polar surface area (TPSA) is 78.4 Å². The lowest BCUT2D eigenvalue weighted by atomic mass is 10.2. The van der Waals surface area contributed by atoms with Crippen molar-refractivity contribution in [3.63, 3.8) is 0 Å². The van der Waals surface area contributed by atoms with E-state index in [1.165, 1.54) is 0 Å². The largest absolute Gasteiger partial charge is 0.353 e. The van der Waals surface area contributed by atoms with Gasteiger partial charge in [0.25, 0.3) is 5.91 Å². The van der Waals surface area contributed by atoms with Gasteiger partial charge in [-0.2, -0.15) is 0 Å². The summed E-state index contributed by atoms with van der Waals surface area (Å²) in [7, 11) is 0. The molecule has 4 rings (SSSR count). The minimum atomic E-state index is -0.140. The van der Waals surface area contributed by atoms with Crippen LogP contribution in [0.25, 0.3) is 11.4 Å². The first-order chi connectivity index (χ1) is 13.7. The average molecular weight is 379 g/mol. The number of rotatable bonds is 5. The van der Waals surface area contributed by atoms with Crippen LogP contribution in [0.15, 0.2) is 36.4 Å². The molecular formula is C21H25N5O2. The Morgan fingerprint density at radius 2 is 1.75 bits per heavy atom. The standard InChI is InChI=1S/C21H25N5O2/c27-15-25-10-12-26(13-11-25)19-14-18(21(28)22-17-8-4-5-9-17)23-20(24-19)16-6-2-1-3-7-16/h1-3,6-7,14-15,17H,4-5,8-13H2,(H,22,28). The molecule has 7 nitrogen and oxygen atoms in total. The van der Waals surface area contributed by atoms with Crippen LogP contribution in [0.4, 0.5) is 5.82 Å². The molecule has 1 N–H and O–H groups in total. The third kappa shape index (κ3) is 4.13. The van der Waals surface area contributed by atoms with Crippen LogP contribution < -0.4 is 10.2 Å². The molecule has 0 spiro atoms. The molecule has 2 aromatic rings. The maximum Gasteiger partial charge on any atom is 0.270 e. The van der Waals surface area contributed by atoms with Crippen LogP contribution in [-0.2, 0) is 4.79 Å². The first kappa shape index (κ1) is 18.4. The Balaban J connectivity index is 1.63. The molecule has 0 bridgehead atoms. The Morgan fingerprint density at radius 3 is 2.43 bits per heavy atom. The minimum Gasteiger partial charge on any atom is -0.353 e. The van der Waals surface area contributed by atoms with E-state index in [0.29, 0.717) is 37.7 Å². The van der Waals surface area contributed by atoms with E-state index >= 15 is 0 Å². The lowest BCUT2D eigenvalue weighted by molar-refractivity contribution is -0.118. The van der Waals surface area contributed by atoms with Gasteiger partial charge < -0.3 is 15.1 Å². The van der Waals surface area contributed by atoms with Gasteiger partial charge in [0, 0.05) is 43.9 Å². The third-order valence-corrected chi connectivity index (χ3v) is 5.45. The Labute approximate surface area is 164 Å². The molecule has 0 radical (unpaired) electrons. The number of anilines is 1. The quantitative estimate of drug-likeness (QED) is 0.805. The fraction of sp³-hybridized carbons (Fsp3) is 0.429. The van der Waals surface area contributed by atoms with Crippen molar-refractivity contribution in [1.82, 2.24) is 20.2 Å². The predicted octanol–water partition coefficient (Wildman–Crippen LogP) is 2.09. The molecular weight excluding hydrogens is 354 g/mol. The van der Waals surface area contributed by atoms with E-state index in [-0.39, 0.29) is 11.9 Å². The van der Waals surface area contributed by atoms with Crippen molar-refractivity contribution in [1.29, 1.82) is 0 Å². The van der Waals surface area contributed by atoms with Gasteiger partial charge in [-0.1, -0.05) is 43.2 Å². The van der Waals surface area contributed by atoms with Crippen molar-refractivity contribution in [2.75, 3.05) is 31.1 Å². The second-order valence-corrected chi connectivity index (χ2v) is 7.38. The van der Waals surface area contributed by atoms with Gasteiger partial charge in [-0.3, -0.25) is 9.59 Å². The fourth-order valence-corrected chi connectivity index (χ4v) is 3.81. The van der Waals surface area contributed by atoms with Crippen molar-refractivity contribution >= 4 is 18.1 Å². The molecule has 1 saturated heterocycles. The number of aromatic nitrogens is 2. The molecule has 1 aromatic heterocycles. The van der Waals surface area contributed by atoms with Crippen molar-refractivity contribution in [3.05, 3.63) is 42.1 Å². The van der Waals surface area contributed by atoms with Crippen LogP contribution in [0.1, 0.15) is 36.2 Å². The number of hydrogen-bond donors (Lipinski definition) is 1. The minimum absolute atomic E-state index is 0.140. The zero-order chi connectivity index (χ0) is 19.3. The first-order valence-corrected chi connectivity index (χ1v) is 9.92. The van der Waals surface area contributed by atoms with E-state index < -0.39 is 0 Å². The van der Waals surface area contributed by atoms with Crippen LogP contribution in [0.3, 0.4) is 0 Å². The van der Waals surface area contributed by atoms with Crippen LogP contribution in [-0.4, -0.2) is 59.4 Å². The van der Waals surface area contributed by atoms with E-state index in [0.717, 1.165) is 43.5 Å². The number of nitrogens with zero attached hydrogens (tertiary/aromatic N) is 4. The number of benzene rings is 1. The number of piperazine rings is 1. The Kier molecular flexibility index (Phi) is 5.50. The predicted molar refractivity (Wildman–Crippen MR) is 107 cm³/mol. The fourth-order valence-electron chi connectivity index (χ4n) is 3.81. The molecule has 2 aliphatic rings. The highest BCUT2D eigenvalue weighted by molar-refractivity contribution is 5.93. The summed E-state index contributed by atoms with van der Waals surface area (Å²) in [5, 5.41) is 3.12. The van der Waals surface area contributed by atoms with E-state index in [2.05, 4.69) is 15.2 Å². The summed E-state index contributed by atoms with van der Waals surface area (Å²) in [4.78, 5) is 37.0.